The van der Waals surface area contributed by atoms with E-state index in [1.807, 2.05) is 6.07 Å². The molecule has 0 aromatic heterocycles. The maximum atomic E-state index is 5.85. The number of benzene rings is 1. The molecule has 0 N–H and O–H groups in total. The third kappa shape index (κ3) is 3.42. The topological polar surface area (TPSA) is 9.23 Å². The second kappa shape index (κ2) is 5.97. The summed E-state index contributed by atoms with van der Waals surface area (Å²) in [6.07, 6.45) is 2.61. The number of hydrogen-bond donors (Lipinski definition) is 0. The molecule has 16 heavy (non-hydrogen) atoms. The molecule has 1 aliphatic rings. The van der Waals surface area contributed by atoms with Gasteiger partial charge in [-0.1, -0.05) is 15.9 Å². The maximum Gasteiger partial charge on any atom is 0.119 e. The third-order valence-corrected chi connectivity index (χ3v) is 4.89. The quantitative estimate of drug-likeness (QED) is 0.824. The molecule has 1 aromatic carbocycles. The van der Waals surface area contributed by atoms with Gasteiger partial charge in [0.25, 0.3) is 0 Å². The summed E-state index contributed by atoms with van der Waals surface area (Å²) in [7, 11) is 0. The zero-order valence-corrected chi connectivity index (χ0v) is 11.9. The van der Waals surface area contributed by atoms with Crippen LogP contribution >= 0.6 is 27.7 Å². The molecule has 0 atom stereocenters. The van der Waals surface area contributed by atoms with Gasteiger partial charge < -0.3 is 4.74 Å². The van der Waals surface area contributed by atoms with Crippen molar-refractivity contribution in [1.29, 1.82) is 0 Å². The molecular weight excluding hydrogens is 284 g/mol. The fourth-order valence-electron chi connectivity index (χ4n) is 1.83. The number of aryl methyl sites for hydroxylation is 1. The Kier molecular flexibility index (Phi) is 4.59. The second-order valence-electron chi connectivity index (χ2n) is 4.28. The van der Waals surface area contributed by atoms with E-state index in [9.17, 15) is 0 Å². The van der Waals surface area contributed by atoms with Gasteiger partial charge in [0.1, 0.15) is 5.75 Å². The highest BCUT2D eigenvalue weighted by atomic mass is 79.9. The zero-order valence-electron chi connectivity index (χ0n) is 9.54. The van der Waals surface area contributed by atoms with E-state index in [2.05, 4.69) is 46.7 Å². The molecule has 0 unspecified atom stereocenters. The van der Waals surface area contributed by atoms with Gasteiger partial charge in [-0.05, 0) is 61.0 Å². The normalized spacial score (nSPS) is 17.4. The van der Waals surface area contributed by atoms with Crippen LogP contribution in [-0.2, 0) is 0 Å². The summed E-state index contributed by atoms with van der Waals surface area (Å²) in [5.74, 6) is 4.35. The molecule has 2 rings (SSSR count). The SMILES string of the molecule is Cc1cc(OCC2CCSCC2)ccc1Br. The van der Waals surface area contributed by atoms with Crippen LogP contribution < -0.4 is 4.74 Å². The number of hydrogen-bond acceptors (Lipinski definition) is 2. The molecule has 88 valence electrons. The van der Waals surface area contributed by atoms with Gasteiger partial charge in [0.05, 0.1) is 6.61 Å². The first-order chi connectivity index (χ1) is 7.75. The fraction of sp³-hybridized carbons (Fsp3) is 0.538. The van der Waals surface area contributed by atoms with Crippen LogP contribution in [0, 0.1) is 12.8 Å². The van der Waals surface area contributed by atoms with Gasteiger partial charge in [-0.2, -0.15) is 11.8 Å². The van der Waals surface area contributed by atoms with Crippen molar-refractivity contribution in [3.63, 3.8) is 0 Å². The Morgan fingerprint density at radius 2 is 2.12 bits per heavy atom. The van der Waals surface area contributed by atoms with Crippen molar-refractivity contribution in [2.24, 2.45) is 5.92 Å². The van der Waals surface area contributed by atoms with E-state index < -0.39 is 0 Å². The highest BCUT2D eigenvalue weighted by molar-refractivity contribution is 9.10. The first-order valence-electron chi connectivity index (χ1n) is 5.72. The number of halogens is 1. The van der Waals surface area contributed by atoms with Crippen LogP contribution in [0.1, 0.15) is 18.4 Å². The molecule has 1 nitrogen and oxygen atoms in total. The summed E-state index contributed by atoms with van der Waals surface area (Å²) in [6.45, 7) is 2.97. The van der Waals surface area contributed by atoms with Gasteiger partial charge >= 0.3 is 0 Å². The molecule has 0 amide bonds. The Hall–Kier alpha value is -0.150. The summed E-state index contributed by atoms with van der Waals surface area (Å²) in [4.78, 5) is 0. The summed E-state index contributed by atoms with van der Waals surface area (Å²) in [5.41, 5.74) is 1.23. The molecular formula is C13H17BrOS. The average molecular weight is 301 g/mol. The third-order valence-electron chi connectivity index (χ3n) is 2.96. The second-order valence-corrected chi connectivity index (χ2v) is 6.36. The van der Waals surface area contributed by atoms with Crippen LogP contribution in [-0.4, -0.2) is 18.1 Å². The van der Waals surface area contributed by atoms with Crippen LogP contribution in [0.3, 0.4) is 0 Å². The summed E-state index contributed by atoms with van der Waals surface area (Å²) in [5, 5.41) is 0. The smallest absolute Gasteiger partial charge is 0.119 e. The van der Waals surface area contributed by atoms with Gasteiger partial charge in [0, 0.05) is 4.47 Å². The van der Waals surface area contributed by atoms with Crippen molar-refractivity contribution >= 4 is 27.7 Å². The predicted molar refractivity (Wildman–Crippen MR) is 74.4 cm³/mol. The lowest BCUT2D eigenvalue weighted by atomic mass is 10.0. The molecule has 1 saturated heterocycles. The molecule has 0 spiro atoms. The molecule has 3 heteroatoms. The highest BCUT2D eigenvalue weighted by Crippen LogP contribution is 2.25. The van der Waals surface area contributed by atoms with Gasteiger partial charge in [-0.15, -0.1) is 0 Å². The van der Waals surface area contributed by atoms with E-state index in [4.69, 9.17) is 4.74 Å². The van der Waals surface area contributed by atoms with Crippen molar-refractivity contribution in [1.82, 2.24) is 0 Å². The van der Waals surface area contributed by atoms with E-state index in [-0.39, 0.29) is 0 Å². The van der Waals surface area contributed by atoms with Crippen LogP contribution in [0.2, 0.25) is 0 Å². The Bertz CT molecular complexity index is 348. The minimum absolute atomic E-state index is 0.755. The van der Waals surface area contributed by atoms with Crippen molar-refractivity contribution in [3.8, 4) is 5.75 Å². The van der Waals surface area contributed by atoms with Crippen LogP contribution in [0.4, 0.5) is 0 Å². The van der Waals surface area contributed by atoms with Gasteiger partial charge in [-0.25, -0.2) is 0 Å². The van der Waals surface area contributed by atoms with Gasteiger partial charge in [0.2, 0.25) is 0 Å². The molecule has 1 fully saturated rings. The number of rotatable bonds is 3. The van der Waals surface area contributed by atoms with Gasteiger partial charge in [0.15, 0.2) is 0 Å². The lowest BCUT2D eigenvalue weighted by Crippen LogP contribution is -2.17. The lowest BCUT2D eigenvalue weighted by Gasteiger charge is -2.21. The standard InChI is InChI=1S/C13H17BrOS/c1-10-8-12(2-3-13(10)14)15-9-11-4-6-16-7-5-11/h2-3,8,11H,4-7,9H2,1H3. The number of thioether (sulfide) groups is 1. The molecule has 1 aliphatic heterocycles. The molecule has 0 bridgehead atoms. The van der Waals surface area contributed by atoms with Crippen molar-refractivity contribution in [3.05, 3.63) is 28.2 Å². The Morgan fingerprint density at radius 3 is 2.81 bits per heavy atom. The Morgan fingerprint density at radius 1 is 1.38 bits per heavy atom. The fourth-order valence-corrected chi connectivity index (χ4v) is 3.28. The molecule has 0 radical (unpaired) electrons. The minimum Gasteiger partial charge on any atom is -0.493 e. The first-order valence-corrected chi connectivity index (χ1v) is 7.67. The Labute approximate surface area is 110 Å². The summed E-state index contributed by atoms with van der Waals surface area (Å²) in [6, 6.07) is 6.19. The van der Waals surface area contributed by atoms with E-state index in [1.54, 1.807) is 0 Å². The van der Waals surface area contributed by atoms with Crippen molar-refractivity contribution < 1.29 is 4.74 Å². The summed E-state index contributed by atoms with van der Waals surface area (Å²) < 4.78 is 7.00. The zero-order chi connectivity index (χ0) is 11.4. The summed E-state index contributed by atoms with van der Waals surface area (Å²) >= 11 is 5.56. The van der Waals surface area contributed by atoms with E-state index in [0.717, 1.165) is 22.7 Å². The maximum absolute atomic E-state index is 5.85. The van der Waals surface area contributed by atoms with E-state index >= 15 is 0 Å². The monoisotopic (exact) mass is 300 g/mol. The van der Waals surface area contributed by atoms with Gasteiger partial charge in [-0.3, -0.25) is 0 Å². The molecule has 1 heterocycles. The lowest BCUT2D eigenvalue weighted by molar-refractivity contribution is 0.240. The van der Waals surface area contributed by atoms with Crippen molar-refractivity contribution in [2.75, 3.05) is 18.1 Å². The largest absolute Gasteiger partial charge is 0.493 e. The highest BCUT2D eigenvalue weighted by Gasteiger charge is 2.14. The minimum atomic E-state index is 0.755. The van der Waals surface area contributed by atoms with Crippen LogP contribution in [0.15, 0.2) is 22.7 Å². The van der Waals surface area contributed by atoms with Crippen LogP contribution in [0.25, 0.3) is 0 Å². The van der Waals surface area contributed by atoms with E-state index in [0.29, 0.717) is 0 Å². The molecule has 1 aromatic rings. The van der Waals surface area contributed by atoms with E-state index in [1.165, 1.54) is 29.9 Å². The number of ether oxygens (including phenoxy) is 1. The predicted octanol–water partition coefficient (Wildman–Crippen LogP) is 4.28. The van der Waals surface area contributed by atoms with Crippen molar-refractivity contribution in [2.45, 2.75) is 19.8 Å². The first kappa shape index (κ1) is 12.3. The van der Waals surface area contributed by atoms with Crippen LogP contribution in [0.5, 0.6) is 5.75 Å². The average Bonchev–Trinajstić information content (AvgIpc) is 2.32. The molecule has 0 saturated carbocycles. The molecule has 0 aliphatic carbocycles. The Balaban J connectivity index is 1.86.